The summed E-state index contributed by atoms with van der Waals surface area (Å²) in [5, 5.41) is 11.5. The lowest BCUT2D eigenvalue weighted by molar-refractivity contribution is -0.118. The first-order chi connectivity index (χ1) is 8.72. The number of aliphatic hydroxyl groups excluding tert-OH is 1. The molecule has 18 heavy (non-hydrogen) atoms. The molecule has 3 N–H and O–H groups in total. The first kappa shape index (κ1) is 12.4. The van der Waals surface area contributed by atoms with E-state index in [0.717, 1.165) is 16.3 Å². The minimum atomic E-state index is -0.402. The Hall–Kier alpha value is -2.07. The fourth-order valence-corrected chi connectivity index (χ4v) is 1.88. The molecule has 0 aliphatic rings. The van der Waals surface area contributed by atoms with Gasteiger partial charge in [-0.3, -0.25) is 4.79 Å². The summed E-state index contributed by atoms with van der Waals surface area (Å²) in [7, 11) is 0. The summed E-state index contributed by atoms with van der Waals surface area (Å²) in [6, 6.07) is 11.5. The minimum Gasteiger partial charge on any atom is -0.493 e. The van der Waals surface area contributed by atoms with Gasteiger partial charge in [0.1, 0.15) is 5.75 Å². The Kier molecular flexibility index (Phi) is 3.79. The Bertz CT molecular complexity index is 566. The minimum absolute atomic E-state index is 0.104. The molecule has 2 aromatic carbocycles. The molecule has 0 bridgehead atoms. The first-order valence-corrected chi connectivity index (χ1v) is 5.75. The van der Waals surface area contributed by atoms with Crippen LogP contribution < -0.4 is 10.5 Å². The van der Waals surface area contributed by atoms with E-state index in [9.17, 15) is 9.90 Å². The summed E-state index contributed by atoms with van der Waals surface area (Å²) < 4.78 is 5.49. The number of carbonyl (C=O) groups is 1. The van der Waals surface area contributed by atoms with Crippen LogP contribution in [0.3, 0.4) is 0 Å². The monoisotopic (exact) mass is 245 g/mol. The lowest BCUT2D eigenvalue weighted by Gasteiger charge is -2.12. The van der Waals surface area contributed by atoms with Crippen LogP contribution in [0.15, 0.2) is 36.4 Å². The second-order valence-electron chi connectivity index (χ2n) is 3.99. The van der Waals surface area contributed by atoms with Gasteiger partial charge in [0, 0.05) is 5.56 Å². The fourth-order valence-electron chi connectivity index (χ4n) is 1.88. The van der Waals surface area contributed by atoms with Gasteiger partial charge in [0.15, 0.2) is 0 Å². The average molecular weight is 245 g/mol. The van der Waals surface area contributed by atoms with Crippen molar-refractivity contribution in [1.82, 2.24) is 0 Å². The molecule has 0 atom stereocenters. The zero-order chi connectivity index (χ0) is 13.0. The molecule has 94 valence electrons. The number of nitrogens with two attached hydrogens (primary N) is 1. The Balaban J connectivity index is 2.30. The third-order valence-corrected chi connectivity index (χ3v) is 2.76. The highest BCUT2D eigenvalue weighted by Gasteiger charge is 2.08. The predicted octanol–water partition coefficient (Wildman–Crippen LogP) is 1.59. The van der Waals surface area contributed by atoms with Crippen LogP contribution in [0.4, 0.5) is 0 Å². The molecule has 1 amide bonds. The molecule has 4 heteroatoms. The van der Waals surface area contributed by atoms with Crippen molar-refractivity contribution in [2.75, 3.05) is 6.61 Å². The van der Waals surface area contributed by atoms with Crippen LogP contribution in [0.25, 0.3) is 10.8 Å². The highest BCUT2D eigenvalue weighted by molar-refractivity contribution is 5.87. The van der Waals surface area contributed by atoms with Gasteiger partial charge in [-0.25, -0.2) is 0 Å². The van der Waals surface area contributed by atoms with Gasteiger partial charge in [0.2, 0.25) is 5.91 Å². The van der Waals surface area contributed by atoms with Gasteiger partial charge < -0.3 is 15.6 Å². The lowest BCUT2D eigenvalue weighted by atomic mass is 10.0. The molecule has 0 saturated heterocycles. The summed E-state index contributed by atoms with van der Waals surface area (Å²) in [5.74, 6) is 0.193. The summed E-state index contributed by atoms with van der Waals surface area (Å²) >= 11 is 0. The van der Waals surface area contributed by atoms with E-state index in [1.807, 2.05) is 30.3 Å². The second kappa shape index (κ2) is 5.51. The maximum Gasteiger partial charge on any atom is 0.220 e. The van der Waals surface area contributed by atoms with Crippen molar-refractivity contribution in [3.8, 4) is 5.75 Å². The van der Waals surface area contributed by atoms with E-state index in [1.165, 1.54) is 0 Å². The van der Waals surface area contributed by atoms with Crippen molar-refractivity contribution in [2.24, 2.45) is 5.73 Å². The number of rotatable bonds is 5. The van der Waals surface area contributed by atoms with Crippen LogP contribution in [0, 0.1) is 0 Å². The predicted molar refractivity (Wildman–Crippen MR) is 69.2 cm³/mol. The van der Waals surface area contributed by atoms with Gasteiger partial charge in [-0.15, -0.1) is 0 Å². The number of carbonyl (C=O) groups excluding carboxylic acids is 1. The number of hydrogen-bond donors (Lipinski definition) is 2. The van der Waals surface area contributed by atoms with Crippen LogP contribution in [-0.4, -0.2) is 17.6 Å². The van der Waals surface area contributed by atoms with Crippen LogP contribution in [0.5, 0.6) is 5.75 Å². The highest BCUT2D eigenvalue weighted by Crippen LogP contribution is 2.28. The van der Waals surface area contributed by atoms with Crippen LogP contribution in [0.2, 0.25) is 0 Å². The van der Waals surface area contributed by atoms with E-state index in [2.05, 4.69) is 0 Å². The van der Waals surface area contributed by atoms with Crippen molar-refractivity contribution >= 4 is 16.7 Å². The number of primary amides is 1. The highest BCUT2D eigenvalue weighted by atomic mass is 16.5. The second-order valence-corrected chi connectivity index (χ2v) is 3.99. The summed E-state index contributed by atoms with van der Waals surface area (Å²) in [6.07, 6.45) is 0.164. The Labute approximate surface area is 105 Å². The summed E-state index contributed by atoms with van der Waals surface area (Å²) in [6.45, 7) is 0.119. The largest absolute Gasteiger partial charge is 0.493 e. The van der Waals surface area contributed by atoms with Crippen LogP contribution >= 0.6 is 0 Å². The maximum absolute atomic E-state index is 10.6. The van der Waals surface area contributed by atoms with Gasteiger partial charge in [0.25, 0.3) is 0 Å². The van der Waals surface area contributed by atoms with Crippen molar-refractivity contribution in [1.29, 1.82) is 0 Å². The molecule has 0 radical (unpaired) electrons. The van der Waals surface area contributed by atoms with Crippen molar-refractivity contribution in [3.05, 3.63) is 42.0 Å². The molecule has 0 fully saturated rings. The van der Waals surface area contributed by atoms with Gasteiger partial charge >= 0.3 is 0 Å². The van der Waals surface area contributed by atoms with E-state index in [0.29, 0.717) is 5.75 Å². The van der Waals surface area contributed by atoms with Crippen molar-refractivity contribution in [2.45, 2.75) is 13.0 Å². The summed E-state index contributed by atoms with van der Waals surface area (Å²) in [4.78, 5) is 10.6. The number of amides is 1. The van der Waals surface area contributed by atoms with Crippen LogP contribution in [-0.2, 0) is 11.4 Å². The molecule has 4 nitrogen and oxygen atoms in total. The third-order valence-electron chi connectivity index (χ3n) is 2.76. The SMILES string of the molecule is NC(=O)CCOc1ccc2ccccc2c1CO. The standard InChI is InChI=1S/C14H15NO3/c15-14(17)7-8-18-13-6-5-10-3-1-2-4-11(10)12(13)9-16/h1-6,16H,7-9H2,(H2,15,17). The molecule has 0 aliphatic carbocycles. The van der Waals surface area contributed by atoms with E-state index >= 15 is 0 Å². The quantitative estimate of drug-likeness (QED) is 0.840. The lowest BCUT2D eigenvalue weighted by Crippen LogP contribution is -2.15. The molecule has 2 aromatic rings. The molecular weight excluding hydrogens is 230 g/mol. The van der Waals surface area contributed by atoms with Crippen molar-refractivity contribution in [3.63, 3.8) is 0 Å². The van der Waals surface area contributed by atoms with Gasteiger partial charge in [-0.1, -0.05) is 30.3 Å². The number of hydrogen-bond acceptors (Lipinski definition) is 3. The molecule has 0 aromatic heterocycles. The van der Waals surface area contributed by atoms with Crippen LogP contribution in [0.1, 0.15) is 12.0 Å². The Morgan fingerprint density at radius 2 is 2.00 bits per heavy atom. The normalized spacial score (nSPS) is 10.5. The molecule has 0 heterocycles. The third kappa shape index (κ3) is 2.60. The first-order valence-electron chi connectivity index (χ1n) is 5.75. The van der Waals surface area contributed by atoms with E-state index in [4.69, 9.17) is 10.5 Å². The Morgan fingerprint density at radius 1 is 1.22 bits per heavy atom. The number of aliphatic hydroxyl groups is 1. The molecule has 0 spiro atoms. The number of benzene rings is 2. The zero-order valence-electron chi connectivity index (χ0n) is 9.93. The maximum atomic E-state index is 10.6. The van der Waals surface area contributed by atoms with Gasteiger partial charge in [-0.2, -0.15) is 0 Å². The fraction of sp³-hybridized carbons (Fsp3) is 0.214. The zero-order valence-corrected chi connectivity index (χ0v) is 9.93. The molecular formula is C14H15NO3. The number of fused-ring (bicyclic) bond motifs is 1. The molecule has 0 aliphatic heterocycles. The summed E-state index contributed by atoms with van der Waals surface area (Å²) in [5.41, 5.74) is 5.78. The Morgan fingerprint density at radius 3 is 2.72 bits per heavy atom. The number of ether oxygens (including phenoxy) is 1. The van der Waals surface area contributed by atoms with E-state index < -0.39 is 5.91 Å². The topological polar surface area (TPSA) is 72.6 Å². The van der Waals surface area contributed by atoms with E-state index in [1.54, 1.807) is 6.07 Å². The average Bonchev–Trinajstić information content (AvgIpc) is 2.38. The van der Waals surface area contributed by atoms with E-state index in [-0.39, 0.29) is 19.6 Å². The molecule has 2 rings (SSSR count). The smallest absolute Gasteiger partial charge is 0.220 e. The molecule has 0 unspecified atom stereocenters. The van der Waals surface area contributed by atoms with Gasteiger partial charge in [0.05, 0.1) is 19.6 Å². The molecule has 0 saturated carbocycles. The van der Waals surface area contributed by atoms with Crippen molar-refractivity contribution < 1.29 is 14.6 Å². The van der Waals surface area contributed by atoms with Gasteiger partial charge in [-0.05, 0) is 16.8 Å².